The van der Waals surface area contributed by atoms with Crippen molar-refractivity contribution in [2.75, 3.05) is 10.0 Å². The van der Waals surface area contributed by atoms with Crippen LogP contribution in [0, 0.1) is 29.1 Å². The fraction of sp³-hybridized carbons (Fsp3) is 0. The predicted octanol–water partition coefficient (Wildman–Crippen LogP) is 4.44. The van der Waals surface area contributed by atoms with Gasteiger partial charge in [-0.25, -0.2) is 30.4 Å². The lowest BCUT2D eigenvalue weighted by Crippen LogP contribution is -2.15. The molecule has 0 aliphatic heterocycles. The molecule has 0 spiro atoms. The standard InChI is InChI=1S/C19H11F5N2O3S/c20-13-6-5-12(7-14(13)21)30(28,29)26-11-3-1-10(2-4-11)19(27)25-18-9-16(23)15(22)8-17(18)24/h1-9,26H,(H,25,27). The molecule has 0 aromatic heterocycles. The Morgan fingerprint density at radius 3 is 1.93 bits per heavy atom. The quantitative estimate of drug-likeness (QED) is 0.453. The number of sulfonamides is 1. The van der Waals surface area contributed by atoms with E-state index in [1.54, 1.807) is 0 Å². The highest BCUT2D eigenvalue weighted by atomic mass is 32.2. The summed E-state index contributed by atoms with van der Waals surface area (Å²) in [5.41, 5.74) is -0.632. The summed E-state index contributed by atoms with van der Waals surface area (Å²) < 4.78 is 92.6. The van der Waals surface area contributed by atoms with Crippen molar-refractivity contribution in [1.29, 1.82) is 0 Å². The van der Waals surface area contributed by atoms with Crippen LogP contribution in [0.25, 0.3) is 0 Å². The van der Waals surface area contributed by atoms with E-state index in [2.05, 4.69) is 10.0 Å². The lowest BCUT2D eigenvalue weighted by Gasteiger charge is -2.10. The highest BCUT2D eigenvalue weighted by Gasteiger charge is 2.18. The van der Waals surface area contributed by atoms with Crippen molar-refractivity contribution in [2.24, 2.45) is 0 Å². The van der Waals surface area contributed by atoms with Gasteiger partial charge in [0.2, 0.25) is 0 Å². The first-order chi connectivity index (χ1) is 14.1. The van der Waals surface area contributed by atoms with E-state index in [0.717, 1.165) is 6.07 Å². The van der Waals surface area contributed by atoms with Gasteiger partial charge in [0.05, 0.1) is 10.6 Å². The number of anilines is 2. The zero-order valence-corrected chi connectivity index (χ0v) is 15.5. The number of carbonyl (C=O) groups excluding carboxylic acids is 1. The highest BCUT2D eigenvalue weighted by Crippen LogP contribution is 2.21. The van der Waals surface area contributed by atoms with E-state index < -0.39 is 55.6 Å². The molecule has 0 unspecified atom stereocenters. The highest BCUT2D eigenvalue weighted by molar-refractivity contribution is 7.92. The average molecular weight is 442 g/mol. The molecule has 3 aromatic carbocycles. The van der Waals surface area contributed by atoms with Gasteiger partial charge in [-0.1, -0.05) is 0 Å². The van der Waals surface area contributed by atoms with Crippen LogP contribution in [0.1, 0.15) is 10.4 Å². The Morgan fingerprint density at radius 2 is 1.30 bits per heavy atom. The number of nitrogens with one attached hydrogen (secondary N) is 2. The summed E-state index contributed by atoms with van der Waals surface area (Å²) >= 11 is 0. The van der Waals surface area contributed by atoms with Crippen LogP contribution in [-0.2, 0) is 10.0 Å². The zero-order chi connectivity index (χ0) is 22.1. The fourth-order valence-electron chi connectivity index (χ4n) is 2.36. The summed E-state index contributed by atoms with van der Waals surface area (Å²) in [4.78, 5) is 11.6. The zero-order valence-electron chi connectivity index (χ0n) is 14.7. The van der Waals surface area contributed by atoms with Gasteiger partial charge in [0.15, 0.2) is 23.3 Å². The summed E-state index contributed by atoms with van der Waals surface area (Å²) in [7, 11) is -4.23. The van der Waals surface area contributed by atoms with Gasteiger partial charge in [-0.15, -0.1) is 0 Å². The largest absolute Gasteiger partial charge is 0.319 e. The van der Waals surface area contributed by atoms with E-state index in [-0.39, 0.29) is 17.3 Å². The number of carbonyl (C=O) groups is 1. The molecule has 0 bridgehead atoms. The number of amides is 1. The van der Waals surface area contributed by atoms with Crippen LogP contribution >= 0.6 is 0 Å². The van der Waals surface area contributed by atoms with E-state index in [1.807, 2.05) is 0 Å². The number of benzene rings is 3. The molecule has 3 aromatic rings. The molecule has 0 atom stereocenters. The van der Waals surface area contributed by atoms with Crippen molar-refractivity contribution >= 4 is 27.3 Å². The van der Waals surface area contributed by atoms with Gasteiger partial charge in [-0.3, -0.25) is 9.52 Å². The van der Waals surface area contributed by atoms with Crippen molar-refractivity contribution in [2.45, 2.75) is 4.90 Å². The molecular weight excluding hydrogens is 431 g/mol. The van der Waals surface area contributed by atoms with Crippen LogP contribution in [0.15, 0.2) is 59.5 Å². The van der Waals surface area contributed by atoms with E-state index in [4.69, 9.17) is 0 Å². The number of hydrogen-bond donors (Lipinski definition) is 2. The molecule has 1 amide bonds. The molecule has 156 valence electrons. The van der Waals surface area contributed by atoms with E-state index in [0.29, 0.717) is 18.2 Å². The molecule has 0 fully saturated rings. The Morgan fingerprint density at radius 1 is 0.700 bits per heavy atom. The maximum Gasteiger partial charge on any atom is 0.261 e. The lowest BCUT2D eigenvalue weighted by molar-refractivity contribution is 0.102. The molecule has 3 rings (SSSR count). The van der Waals surface area contributed by atoms with Crippen LogP contribution in [0.5, 0.6) is 0 Å². The Kier molecular flexibility index (Phi) is 5.74. The van der Waals surface area contributed by atoms with Crippen molar-refractivity contribution < 1.29 is 35.2 Å². The van der Waals surface area contributed by atoms with E-state index in [9.17, 15) is 35.2 Å². The van der Waals surface area contributed by atoms with Gasteiger partial charge in [0.1, 0.15) is 5.82 Å². The maximum atomic E-state index is 13.6. The molecule has 0 aliphatic carbocycles. The Bertz CT molecular complexity index is 1230. The Balaban J connectivity index is 1.75. The maximum absolute atomic E-state index is 13.6. The van der Waals surface area contributed by atoms with Crippen LogP contribution in [-0.4, -0.2) is 14.3 Å². The number of rotatable bonds is 5. The normalized spacial score (nSPS) is 11.2. The first-order valence-electron chi connectivity index (χ1n) is 8.10. The van der Waals surface area contributed by atoms with Gasteiger partial charge in [0.25, 0.3) is 15.9 Å². The second-order valence-corrected chi connectivity index (χ2v) is 7.64. The van der Waals surface area contributed by atoms with Crippen molar-refractivity contribution in [3.63, 3.8) is 0 Å². The molecular formula is C19H11F5N2O3S. The molecule has 0 saturated carbocycles. The van der Waals surface area contributed by atoms with Gasteiger partial charge < -0.3 is 5.32 Å². The van der Waals surface area contributed by atoms with Crippen molar-refractivity contribution in [1.82, 2.24) is 0 Å². The van der Waals surface area contributed by atoms with Crippen LogP contribution < -0.4 is 10.0 Å². The Hall–Kier alpha value is -3.47. The van der Waals surface area contributed by atoms with Crippen LogP contribution in [0.3, 0.4) is 0 Å². The van der Waals surface area contributed by atoms with Gasteiger partial charge in [0, 0.05) is 23.4 Å². The summed E-state index contributed by atoms with van der Waals surface area (Å²) in [6.45, 7) is 0. The molecule has 30 heavy (non-hydrogen) atoms. The molecule has 2 N–H and O–H groups in total. The SMILES string of the molecule is O=C(Nc1cc(F)c(F)cc1F)c1ccc(NS(=O)(=O)c2ccc(F)c(F)c2)cc1. The van der Waals surface area contributed by atoms with E-state index in [1.165, 1.54) is 24.3 Å². The van der Waals surface area contributed by atoms with E-state index >= 15 is 0 Å². The topological polar surface area (TPSA) is 75.3 Å². The molecule has 0 heterocycles. The molecule has 5 nitrogen and oxygen atoms in total. The summed E-state index contributed by atoms with van der Waals surface area (Å²) in [5, 5.41) is 2.06. The van der Waals surface area contributed by atoms with Crippen molar-refractivity contribution in [3.8, 4) is 0 Å². The third-order valence-electron chi connectivity index (χ3n) is 3.86. The summed E-state index contributed by atoms with van der Waals surface area (Å²) in [6, 6.07) is 7.53. The fourth-order valence-corrected chi connectivity index (χ4v) is 3.43. The van der Waals surface area contributed by atoms with Gasteiger partial charge in [-0.05, 0) is 42.5 Å². The number of hydrogen-bond acceptors (Lipinski definition) is 3. The predicted molar refractivity (Wildman–Crippen MR) is 97.9 cm³/mol. The third-order valence-corrected chi connectivity index (χ3v) is 5.24. The Labute approximate surface area is 167 Å². The first-order valence-corrected chi connectivity index (χ1v) is 9.59. The van der Waals surface area contributed by atoms with Gasteiger partial charge >= 0.3 is 0 Å². The lowest BCUT2D eigenvalue weighted by atomic mass is 10.2. The molecule has 0 radical (unpaired) electrons. The van der Waals surface area contributed by atoms with Crippen LogP contribution in [0.4, 0.5) is 33.3 Å². The second kappa shape index (κ2) is 8.11. The minimum atomic E-state index is -4.23. The van der Waals surface area contributed by atoms with Crippen molar-refractivity contribution in [3.05, 3.63) is 89.2 Å². The minimum absolute atomic E-state index is 0.00436. The van der Waals surface area contributed by atoms with Gasteiger partial charge in [-0.2, -0.15) is 0 Å². The monoisotopic (exact) mass is 442 g/mol. The minimum Gasteiger partial charge on any atom is -0.319 e. The molecule has 0 aliphatic rings. The summed E-state index contributed by atoms with van der Waals surface area (Å²) in [6.07, 6.45) is 0. The summed E-state index contributed by atoms with van der Waals surface area (Å²) in [5.74, 6) is -7.36. The molecule has 0 saturated heterocycles. The second-order valence-electron chi connectivity index (χ2n) is 5.96. The molecule has 11 heteroatoms. The number of halogens is 5. The smallest absolute Gasteiger partial charge is 0.261 e. The third kappa shape index (κ3) is 4.57. The van der Waals surface area contributed by atoms with Crippen LogP contribution in [0.2, 0.25) is 0 Å². The average Bonchev–Trinajstić information content (AvgIpc) is 2.68. The first kappa shape index (κ1) is 21.2.